The molecule has 0 aliphatic rings. The maximum absolute atomic E-state index is 14.3. The zero-order chi connectivity index (χ0) is 22.3. The third-order valence-electron chi connectivity index (χ3n) is 4.80. The quantitative estimate of drug-likeness (QED) is 0.441. The fraction of sp³-hybridized carbons (Fsp3) is 0.190. The summed E-state index contributed by atoms with van der Waals surface area (Å²) in [5.41, 5.74) is -0.966. The largest absolute Gasteiger partial charge is 0.496 e. The van der Waals surface area contributed by atoms with Gasteiger partial charge in [0.15, 0.2) is 0 Å². The molecule has 0 fully saturated rings. The second-order valence-corrected chi connectivity index (χ2v) is 6.79. The van der Waals surface area contributed by atoms with Crippen molar-refractivity contribution in [1.82, 2.24) is 14.9 Å². The third-order valence-corrected chi connectivity index (χ3v) is 4.80. The lowest BCUT2D eigenvalue weighted by Crippen LogP contribution is -2.25. The Kier molecular flexibility index (Phi) is 5.00. The van der Waals surface area contributed by atoms with E-state index in [4.69, 9.17) is 9.26 Å². The van der Waals surface area contributed by atoms with Crippen LogP contribution in [-0.4, -0.2) is 22.0 Å². The standard InChI is InChI=1S/C21H15F4N3O3/c1-11-17-19(31-27-11)18(14-5-3-4-6-16(14)30-2)26-28(20(17)29)10-12-9-13(21(23,24)25)7-8-15(12)22/h3-9H,10H2,1-2H3. The number of para-hydroxylation sites is 1. The number of halogens is 4. The fourth-order valence-electron chi connectivity index (χ4n) is 3.28. The average Bonchev–Trinajstić information content (AvgIpc) is 3.12. The van der Waals surface area contributed by atoms with E-state index < -0.39 is 29.7 Å². The molecule has 2 heterocycles. The van der Waals surface area contributed by atoms with E-state index in [1.165, 1.54) is 7.11 Å². The van der Waals surface area contributed by atoms with E-state index in [-0.39, 0.29) is 27.9 Å². The first-order chi connectivity index (χ1) is 14.7. The number of aryl methyl sites for hydroxylation is 1. The first-order valence-electron chi connectivity index (χ1n) is 9.07. The molecule has 0 unspecified atom stereocenters. The molecule has 0 saturated heterocycles. The van der Waals surface area contributed by atoms with Crippen molar-refractivity contribution in [3.63, 3.8) is 0 Å². The zero-order valence-electron chi connectivity index (χ0n) is 16.3. The molecular formula is C21H15F4N3O3. The van der Waals surface area contributed by atoms with Crippen LogP contribution < -0.4 is 10.3 Å². The molecule has 4 aromatic rings. The topological polar surface area (TPSA) is 70.2 Å². The van der Waals surface area contributed by atoms with Gasteiger partial charge in [0.2, 0.25) is 5.58 Å². The van der Waals surface area contributed by atoms with Crippen LogP contribution in [0.2, 0.25) is 0 Å². The molecule has 0 aliphatic heterocycles. The summed E-state index contributed by atoms with van der Waals surface area (Å²) in [5.74, 6) is -0.455. The van der Waals surface area contributed by atoms with Crippen LogP contribution in [0.5, 0.6) is 5.75 Å². The van der Waals surface area contributed by atoms with Crippen LogP contribution in [0, 0.1) is 12.7 Å². The Hall–Kier alpha value is -3.69. The first-order valence-corrected chi connectivity index (χ1v) is 9.07. The second kappa shape index (κ2) is 7.53. The van der Waals surface area contributed by atoms with E-state index in [1.54, 1.807) is 31.2 Å². The number of ether oxygens (including phenoxy) is 1. The van der Waals surface area contributed by atoms with E-state index in [9.17, 15) is 22.4 Å². The molecule has 2 aromatic heterocycles. The summed E-state index contributed by atoms with van der Waals surface area (Å²) >= 11 is 0. The van der Waals surface area contributed by atoms with Gasteiger partial charge in [-0.05, 0) is 37.3 Å². The van der Waals surface area contributed by atoms with Gasteiger partial charge < -0.3 is 9.26 Å². The minimum absolute atomic E-state index is 0.100. The van der Waals surface area contributed by atoms with Crippen LogP contribution in [0.3, 0.4) is 0 Å². The lowest BCUT2D eigenvalue weighted by Gasteiger charge is -2.13. The Morgan fingerprint density at radius 1 is 1.16 bits per heavy atom. The molecule has 31 heavy (non-hydrogen) atoms. The van der Waals surface area contributed by atoms with Gasteiger partial charge in [-0.25, -0.2) is 9.07 Å². The predicted octanol–water partition coefficient (Wildman–Crippen LogP) is 4.57. The smallest absolute Gasteiger partial charge is 0.416 e. The Morgan fingerprint density at radius 2 is 1.90 bits per heavy atom. The summed E-state index contributed by atoms with van der Waals surface area (Å²) in [6.07, 6.45) is -4.65. The van der Waals surface area contributed by atoms with E-state index in [1.807, 2.05) is 0 Å². The molecule has 0 aliphatic carbocycles. The van der Waals surface area contributed by atoms with Gasteiger partial charge in [0.1, 0.15) is 22.6 Å². The minimum atomic E-state index is -4.65. The number of nitrogens with zero attached hydrogens (tertiary/aromatic N) is 3. The van der Waals surface area contributed by atoms with Crippen LogP contribution >= 0.6 is 0 Å². The van der Waals surface area contributed by atoms with Crippen molar-refractivity contribution >= 4 is 11.0 Å². The van der Waals surface area contributed by atoms with Gasteiger partial charge in [0.25, 0.3) is 5.56 Å². The van der Waals surface area contributed by atoms with Crippen molar-refractivity contribution in [2.24, 2.45) is 0 Å². The molecule has 10 heteroatoms. The lowest BCUT2D eigenvalue weighted by molar-refractivity contribution is -0.137. The van der Waals surface area contributed by atoms with Crippen molar-refractivity contribution in [3.8, 4) is 17.0 Å². The number of fused-ring (bicyclic) bond motifs is 1. The molecule has 0 saturated carbocycles. The number of aromatic nitrogens is 3. The van der Waals surface area contributed by atoms with Gasteiger partial charge in [-0.15, -0.1) is 0 Å². The SMILES string of the molecule is COc1ccccc1-c1nn(Cc2cc(C(F)(F)F)ccc2F)c(=O)c2c(C)noc12. The minimum Gasteiger partial charge on any atom is -0.496 e. The molecule has 0 spiro atoms. The number of hydrogen-bond acceptors (Lipinski definition) is 5. The summed E-state index contributed by atoms with van der Waals surface area (Å²) in [5, 5.41) is 8.18. The Labute approximate surface area is 172 Å². The molecule has 0 radical (unpaired) electrons. The normalized spacial score (nSPS) is 11.8. The van der Waals surface area contributed by atoms with Crippen LogP contribution in [-0.2, 0) is 12.7 Å². The van der Waals surface area contributed by atoms with Gasteiger partial charge >= 0.3 is 6.18 Å². The number of hydrogen-bond donors (Lipinski definition) is 0. The predicted molar refractivity (Wildman–Crippen MR) is 103 cm³/mol. The van der Waals surface area contributed by atoms with Gasteiger partial charge in [-0.1, -0.05) is 17.3 Å². The first kappa shape index (κ1) is 20.6. The molecule has 0 bridgehead atoms. The molecule has 160 valence electrons. The van der Waals surface area contributed by atoms with Crippen molar-refractivity contribution in [1.29, 1.82) is 0 Å². The van der Waals surface area contributed by atoms with E-state index >= 15 is 0 Å². The highest BCUT2D eigenvalue weighted by molar-refractivity contribution is 5.91. The van der Waals surface area contributed by atoms with E-state index in [0.717, 1.165) is 4.68 Å². The Balaban J connectivity index is 1.94. The highest BCUT2D eigenvalue weighted by atomic mass is 19.4. The second-order valence-electron chi connectivity index (χ2n) is 6.79. The fourth-order valence-corrected chi connectivity index (χ4v) is 3.28. The van der Waals surface area contributed by atoms with Crippen LogP contribution in [0.25, 0.3) is 22.2 Å². The van der Waals surface area contributed by atoms with Crippen molar-refractivity contribution in [3.05, 3.63) is 75.5 Å². The van der Waals surface area contributed by atoms with E-state index in [0.29, 0.717) is 29.5 Å². The number of rotatable bonds is 4. The molecule has 0 atom stereocenters. The van der Waals surface area contributed by atoms with Crippen molar-refractivity contribution in [2.75, 3.05) is 7.11 Å². The van der Waals surface area contributed by atoms with Gasteiger partial charge in [-0.2, -0.15) is 18.3 Å². The number of alkyl halides is 3. The maximum atomic E-state index is 14.3. The van der Waals surface area contributed by atoms with Crippen molar-refractivity contribution in [2.45, 2.75) is 19.6 Å². The summed E-state index contributed by atoms with van der Waals surface area (Å²) in [4.78, 5) is 13.0. The molecule has 2 aromatic carbocycles. The number of methoxy groups -OCH3 is 1. The zero-order valence-corrected chi connectivity index (χ0v) is 16.3. The monoisotopic (exact) mass is 433 g/mol. The molecule has 0 amide bonds. The summed E-state index contributed by atoms with van der Waals surface area (Å²) in [6.45, 7) is 1.03. The Bertz CT molecular complexity index is 1340. The van der Waals surface area contributed by atoms with Crippen LogP contribution in [0.15, 0.2) is 51.8 Å². The lowest BCUT2D eigenvalue weighted by atomic mass is 10.1. The average molecular weight is 433 g/mol. The van der Waals surface area contributed by atoms with E-state index in [2.05, 4.69) is 10.3 Å². The van der Waals surface area contributed by atoms with Gasteiger partial charge in [0.05, 0.1) is 24.9 Å². The Morgan fingerprint density at radius 3 is 2.61 bits per heavy atom. The van der Waals surface area contributed by atoms with Crippen LogP contribution in [0.1, 0.15) is 16.8 Å². The third kappa shape index (κ3) is 3.65. The van der Waals surface area contributed by atoms with Gasteiger partial charge in [0, 0.05) is 11.1 Å². The summed E-state index contributed by atoms with van der Waals surface area (Å²) in [6, 6.07) is 8.83. The van der Waals surface area contributed by atoms with Gasteiger partial charge in [-0.3, -0.25) is 4.79 Å². The molecule has 6 nitrogen and oxygen atoms in total. The highest BCUT2D eigenvalue weighted by Crippen LogP contribution is 2.33. The molecule has 4 rings (SSSR count). The summed E-state index contributed by atoms with van der Waals surface area (Å²) in [7, 11) is 1.45. The maximum Gasteiger partial charge on any atom is 0.416 e. The molecule has 0 N–H and O–H groups in total. The highest BCUT2D eigenvalue weighted by Gasteiger charge is 2.31. The molecular weight excluding hydrogens is 418 g/mol. The van der Waals surface area contributed by atoms with Crippen LogP contribution in [0.4, 0.5) is 17.6 Å². The van der Waals surface area contributed by atoms with Crippen molar-refractivity contribution < 1.29 is 26.8 Å². The number of benzene rings is 2. The summed E-state index contributed by atoms with van der Waals surface area (Å²) < 4.78 is 65.0.